The molecule has 0 radical (unpaired) electrons. The quantitative estimate of drug-likeness (QED) is 0.431. The monoisotopic (exact) mass is 541 g/mol. The van der Waals surface area contributed by atoms with Gasteiger partial charge in [-0.1, -0.05) is 6.92 Å². The van der Waals surface area contributed by atoms with Crippen molar-refractivity contribution in [3.63, 3.8) is 0 Å². The molecule has 2 saturated carbocycles. The Morgan fingerprint density at radius 3 is 2.36 bits per heavy atom. The smallest absolute Gasteiger partial charge is 0.235 e. The van der Waals surface area contributed by atoms with E-state index in [9.17, 15) is 34.2 Å². The van der Waals surface area contributed by atoms with Crippen LogP contribution in [0.3, 0.4) is 0 Å². The van der Waals surface area contributed by atoms with Gasteiger partial charge < -0.3 is 20.7 Å². The van der Waals surface area contributed by atoms with Gasteiger partial charge in [0.2, 0.25) is 5.91 Å². The minimum atomic E-state index is -2.74. The third-order valence-corrected chi connectivity index (χ3v) is 9.53. The summed E-state index contributed by atoms with van der Waals surface area (Å²) in [6, 6.07) is -0.911. The summed E-state index contributed by atoms with van der Waals surface area (Å²) in [5.74, 6) is -9.96. The molecule has 1 aliphatic heterocycles. The first-order valence-electron chi connectivity index (χ1n) is 13.3. The number of ether oxygens (including phenoxy) is 1. The van der Waals surface area contributed by atoms with Crippen molar-refractivity contribution in [1.29, 1.82) is 0 Å². The molecule has 0 aromatic heterocycles. The third-order valence-electron chi connectivity index (χ3n) is 9.53. The normalized spacial score (nSPS) is 32.9. The van der Waals surface area contributed by atoms with Crippen molar-refractivity contribution in [3.8, 4) is 11.5 Å². The van der Waals surface area contributed by atoms with Crippen molar-refractivity contribution < 1.29 is 38.9 Å². The molecule has 11 heteroatoms. The number of aliphatic hydroxyl groups is 1. The van der Waals surface area contributed by atoms with Crippen molar-refractivity contribution in [3.05, 3.63) is 22.3 Å². The molecule has 1 aromatic carbocycles. The molecule has 2 fully saturated rings. The predicted molar refractivity (Wildman–Crippen MR) is 137 cm³/mol. The number of aromatic hydroxyl groups is 1. The number of nitrogens with zero attached hydrogens (tertiary/aromatic N) is 2. The molecule has 210 valence electrons. The van der Waals surface area contributed by atoms with Crippen LogP contribution in [0.25, 0.3) is 0 Å². The Hall–Kier alpha value is -3.15. The minimum absolute atomic E-state index is 0.00386. The molecule has 7 atom stereocenters. The van der Waals surface area contributed by atoms with Crippen LogP contribution in [0.2, 0.25) is 0 Å². The Morgan fingerprint density at radius 2 is 1.79 bits per heavy atom. The number of carbonyl (C=O) groups is 5. The number of fused-ring (bicyclic) bond motifs is 4. The Morgan fingerprint density at radius 1 is 1.15 bits per heavy atom. The molecule has 0 saturated heterocycles. The van der Waals surface area contributed by atoms with Crippen molar-refractivity contribution in [1.82, 2.24) is 9.80 Å². The number of Topliss-reactive ketones (excluding diaryl/α,β-unsaturated/α-hetero) is 4. The molecular weight excluding hydrogens is 506 g/mol. The van der Waals surface area contributed by atoms with E-state index in [1.54, 1.807) is 14.1 Å². The van der Waals surface area contributed by atoms with E-state index in [1.807, 2.05) is 0 Å². The zero-order valence-electron chi connectivity index (χ0n) is 22.8. The first-order valence-corrected chi connectivity index (χ1v) is 13.3. The number of nitrogens with two attached hydrogens (primary N) is 1. The number of benzene rings is 1. The highest BCUT2D eigenvalue weighted by atomic mass is 16.5. The molecule has 1 aromatic rings. The molecule has 3 aliphatic carbocycles. The summed E-state index contributed by atoms with van der Waals surface area (Å²) in [5, 5.41) is 23.1. The van der Waals surface area contributed by atoms with Crippen LogP contribution in [0, 0.1) is 23.7 Å². The van der Waals surface area contributed by atoms with E-state index in [2.05, 4.69) is 18.7 Å². The van der Waals surface area contributed by atoms with Crippen molar-refractivity contribution in [2.75, 3.05) is 21.2 Å². The van der Waals surface area contributed by atoms with E-state index in [1.165, 1.54) is 12.0 Å². The summed E-state index contributed by atoms with van der Waals surface area (Å²) < 4.78 is 5.80. The topological polar surface area (TPSA) is 168 Å². The van der Waals surface area contributed by atoms with Gasteiger partial charge >= 0.3 is 0 Å². The lowest BCUT2D eigenvalue weighted by atomic mass is 9.52. The van der Waals surface area contributed by atoms with Crippen LogP contribution in [-0.4, -0.2) is 87.9 Å². The van der Waals surface area contributed by atoms with Crippen molar-refractivity contribution in [2.45, 2.75) is 63.9 Å². The number of carbonyl (C=O) groups excluding carboxylic acids is 5. The highest BCUT2D eigenvalue weighted by Crippen LogP contribution is 2.54. The lowest BCUT2D eigenvalue weighted by Crippen LogP contribution is -2.74. The van der Waals surface area contributed by atoms with Crippen LogP contribution >= 0.6 is 0 Å². The molecule has 4 N–H and O–H groups in total. The molecule has 1 heterocycles. The zero-order chi connectivity index (χ0) is 28.7. The van der Waals surface area contributed by atoms with Gasteiger partial charge in [0.05, 0.1) is 24.6 Å². The highest BCUT2D eigenvalue weighted by molar-refractivity contribution is 6.32. The average molecular weight is 542 g/mol. The molecule has 0 spiro atoms. The number of ketones is 4. The van der Waals surface area contributed by atoms with Gasteiger partial charge in [0.25, 0.3) is 0 Å². The van der Waals surface area contributed by atoms with E-state index >= 15 is 0 Å². The van der Waals surface area contributed by atoms with Gasteiger partial charge in [-0.15, -0.1) is 0 Å². The number of phenols is 1. The van der Waals surface area contributed by atoms with Crippen LogP contribution in [0.1, 0.15) is 53.7 Å². The maximum absolute atomic E-state index is 14.0. The molecule has 4 aliphatic rings. The molecule has 0 bridgehead atoms. The Balaban J connectivity index is 1.64. The van der Waals surface area contributed by atoms with Gasteiger partial charge in [-0.25, -0.2) is 0 Å². The van der Waals surface area contributed by atoms with Gasteiger partial charge in [-0.05, 0) is 46.2 Å². The molecule has 11 nitrogen and oxygen atoms in total. The number of primary amides is 1. The van der Waals surface area contributed by atoms with Crippen molar-refractivity contribution in [2.24, 2.45) is 29.4 Å². The highest BCUT2D eigenvalue weighted by Gasteiger charge is 2.69. The van der Waals surface area contributed by atoms with E-state index in [0.717, 1.165) is 12.0 Å². The molecular formula is C28H35N3O8. The van der Waals surface area contributed by atoms with Gasteiger partial charge in [0.15, 0.2) is 34.7 Å². The fraction of sp³-hybridized carbons (Fsp3) is 0.607. The van der Waals surface area contributed by atoms with Crippen LogP contribution in [0.15, 0.2) is 0 Å². The van der Waals surface area contributed by atoms with Crippen LogP contribution < -0.4 is 10.5 Å². The first-order chi connectivity index (χ1) is 18.3. The Bertz CT molecular complexity index is 1320. The fourth-order valence-corrected chi connectivity index (χ4v) is 7.43. The van der Waals surface area contributed by atoms with Crippen LogP contribution in [0.5, 0.6) is 11.5 Å². The van der Waals surface area contributed by atoms with Gasteiger partial charge in [0, 0.05) is 41.7 Å². The summed E-state index contributed by atoms with van der Waals surface area (Å²) in [6.07, 6.45) is 1.07. The number of hydrogen-bond acceptors (Lipinski definition) is 10. The number of hydrogen-bond donors (Lipinski definition) is 3. The summed E-state index contributed by atoms with van der Waals surface area (Å²) in [7, 11) is 4.62. The Labute approximate surface area is 226 Å². The maximum Gasteiger partial charge on any atom is 0.235 e. The van der Waals surface area contributed by atoms with Crippen molar-refractivity contribution >= 4 is 29.0 Å². The van der Waals surface area contributed by atoms with E-state index in [4.69, 9.17) is 10.5 Å². The van der Waals surface area contributed by atoms with Crippen LogP contribution in [0.4, 0.5) is 0 Å². The number of likely N-dealkylation sites (N-methyl/N-ethyl adjacent to an activating group) is 1. The SMILES string of the molecule is CC[C@@H](C)N1Cc2c(O)c3c(c(OC)c2C1)C[C@H]1C[C@H]2[C@H](N(C)C)C(=O)C(C(N)=O)C(=O)[C@@]2(O)C(=O)C1C3=O. The predicted octanol–water partition coefficient (Wildman–Crippen LogP) is -0.0103. The standard InChI is InChI=1S/C28H35N3O8/c1-6-11(2)31-9-14-15(10-31)24(39-5)13-7-12-8-16-20(30(3)4)23(34)19(27(29)37)26(36)28(16,38)25(35)17(12)22(33)18(13)21(14)32/h11-12,16-17,19-20,32,38H,6-10H2,1-5H3,(H2,29,37)/t11-,12+,16+,17?,19?,20+,28+/m1/s1. The summed E-state index contributed by atoms with van der Waals surface area (Å²) >= 11 is 0. The minimum Gasteiger partial charge on any atom is -0.507 e. The Kier molecular flexibility index (Phi) is 6.47. The average Bonchev–Trinajstić information content (AvgIpc) is 3.31. The zero-order valence-corrected chi connectivity index (χ0v) is 22.8. The van der Waals surface area contributed by atoms with Gasteiger partial charge in [-0.3, -0.25) is 33.8 Å². The molecule has 5 rings (SSSR count). The molecule has 2 unspecified atom stereocenters. The van der Waals surface area contributed by atoms with E-state index in [-0.39, 0.29) is 30.2 Å². The lowest BCUT2D eigenvalue weighted by molar-refractivity contribution is -0.181. The third kappa shape index (κ3) is 3.56. The van der Waals surface area contributed by atoms with E-state index in [0.29, 0.717) is 30.0 Å². The van der Waals surface area contributed by atoms with Gasteiger partial charge in [0.1, 0.15) is 11.5 Å². The fourth-order valence-electron chi connectivity index (χ4n) is 7.43. The lowest BCUT2D eigenvalue weighted by Gasteiger charge is -2.52. The second kappa shape index (κ2) is 9.21. The second-order valence-electron chi connectivity index (χ2n) is 11.6. The summed E-state index contributed by atoms with van der Waals surface area (Å²) in [5.41, 5.74) is 4.47. The molecule has 1 amide bonds. The number of rotatable bonds is 5. The van der Waals surface area contributed by atoms with Crippen LogP contribution in [-0.2, 0) is 38.7 Å². The first kappa shape index (κ1) is 27.4. The largest absolute Gasteiger partial charge is 0.507 e. The molecule has 39 heavy (non-hydrogen) atoms. The number of methoxy groups -OCH3 is 1. The second-order valence-corrected chi connectivity index (χ2v) is 11.6. The summed E-state index contributed by atoms with van der Waals surface area (Å²) in [4.78, 5) is 70.3. The van der Waals surface area contributed by atoms with E-state index < -0.39 is 64.4 Å². The summed E-state index contributed by atoms with van der Waals surface area (Å²) in [6.45, 7) is 5.09. The maximum atomic E-state index is 14.0. The van der Waals surface area contributed by atoms with Gasteiger partial charge in [-0.2, -0.15) is 0 Å². The number of phenolic OH excluding ortho intramolecular Hbond substituents is 1. The number of amides is 1.